The molecule has 1 aromatic heterocycles. The van der Waals surface area contributed by atoms with Crippen LogP contribution in [0.2, 0.25) is 0 Å². The summed E-state index contributed by atoms with van der Waals surface area (Å²) in [5, 5.41) is 14.5. The Labute approximate surface area is 183 Å². The van der Waals surface area contributed by atoms with Gasteiger partial charge in [0.05, 0.1) is 16.8 Å². The molecule has 1 aliphatic carbocycles. The van der Waals surface area contributed by atoms with Crippen molar-refractivity contribution in [2.24, 2.45) is 0 Å². The number of phenols is 1. The molecular formula is C24H21N3O5. The van der Waals surface area contributed by atoms with E-state index in [0.717, 1.165) is 22.4 Å². The summed E-state index contributed by atoms with van der Waals surface area (Å²) in [6, 6.07) is 13.4. The molecule has 8 nitrogen and oxygen atoms in total. The van der Waals surface area contributed by atoms with Crippen LogP contribution >= 0.6 is 0 Å². The molecule has 2 aromatic carbocycles. The number of rotatable bonds is 4. The Balaban J connectivity index is 1.69. The van der Waals surface area contributed by atoms with E-state index in [0.29, 0.717) is 29.3 Å². The van der Waals surface area contributed by atoms with Crippen LogP contribution in [0.25, 0.3) is 22.6 Å². The smallest absolute Gasteiger partial charge is 0.339 e. The van der Waals surface area contributed by atoms with Crippen LogP contribution in [0, 0.1) is 0 Å². The highest BCUT2D eigenvalue weighted by atomic mass is 16.5. The van der Waals surface area contributed by atoms with E-state index in [4.69, 9.17) is 9.72 Å². The second-order valence-corrected chi connectivity index (χ2v) is 7.30. The number of carbonyl (C=O) groups excluding carboxylic acids is 3. The Hall–Kier alpha value is -4.20. The highest BCUT2D eigenvalue weighted by molar-refractivity contribution is 6.08. The summed E-state index contributed by atoms with van der Waals surface area (Å²) in [7, 11) is 1.38. The topological polar surface area (TPSA) is 118 Å². The van der Waals surface area contributed by atoms with Crippen molar-refractivity contribution in [2.75, 3.05) is 13.7 Å². The van der Waals surface area contributed by atoms with Gasteiger partial charge in [0.2, 0.25) is 0 Å². The molecule has 0 bridgehead atoms. The molecule has 0 saturated heterocycles. The van der Waals surface area contributed by atoms with Crippen LogP contribution in [0.4, 0.5) is 4.79 Å². The van der Waals surface area contributed by atoms with Gasteiger partial charge in [-0.2, -0.15) is 0 Å². The number of hydrogen-bond acceptors (Lipinski definition) is 6. The van der Waals surface area contributed by atoms with E-state index in [1.54, 1.807) is 18.2 Å². The Kier molecular flexibility index (Phi) is 5.85. The van der Waals surface area contributed by atoms with E-state index >= 15 is 0 Å². The van der Waals surface area contributed by atoms with Crippen LogP contribution in [0.15, 0.2) is 48.5 Å². The summed E-state index contributed by atoms with van der Waals surface area (Å²) in [6.45, 7) is -0.576. The first-order valence-electron chi connectivity index (χ1n) is 10.1. The molecule has 3 amide bonds. The van der Waals surface area contributed by atoms with E-state index in [2.05, 4.69) is 10.6 Å². The lowest BCUT2D eigenvalue weighted by atomic mass is 10.0. The first kappa shape index (κ1) is 21.0. The maximum Gasteiger partial charge on any atom is 0.339 e. The quantitative estimate of drug-likeness (QED) is 0.547. The molecule has 1 heterocycles. The number of hydrogen-bond donors (Lipinski definition) is 3. The molecule has 162 valence electrons. The number of imide groups is 1. The molecule has 3 aromatic rings. The predicted octanol–water partition coefficient (Wildman–Crippen LogP) is 3.04. The molecule has 32 heavy (non-hydrogen) atoms. The van der Waals surface area contributed by atoms with Gasteiger partial charge in [0.25, 0.3) is 5.91 Å². The zero-order chi connectivity index (χ0) is 22.7. The summed E-state index contributed by atoms with van der Waals surface area (Å²) in [4.78, 5) is 40.9. The molecule has 0 aliphatic heterocycles. The average molecular weight is 431 g/mol. The summed E-state index contributed by atoms with van der Waals surface area (Å²) >= 11 is 0. The number of allylic oxidation sites excluding steroid dienone is 1. The molecular weight excluding hydrogens is 410 g/mol. The van der Waals surface area contributed by atoms with Crippen LogP contribution in [-0.4, -0.2) is 41.7 Å². The number of aromatic hydroxyl groups is 1. The lowest BCUT2D eigenvalue weighted by Gasteiger charge is -2.12. The maximum absolute atomic E-state index is 13.0. The first-order valence-corrected chi connectivity index (χ1v) is 10.1. The summed E-state index contributed by atoms with van der Waals surface area (Å²) in [5.41, 5.74) is 4.40. The molecule has 0 atom stereocenters. The molecule has 1 aliphatic rings. The maximum atomic E-state index is 13.0. The van der Waals surface area contributed by atoms with Crippen molar-refractivity contribution in [1.29, 1.82) is 0 Å². The number of nitrogens with zero attached hydrogens (tertiary/aromatic N) is 1. The lowest BCUT2D eigenvalue weighted by Crippen LogP contribution is -2.39. The predicted molar refractivity (Wildman–Crippen MR) is 119 cm³/mol. The lowest BCUT2D eigenvalue weighted by molar-refractivity contribution is -0.123. The molecule has 3 N–H and O–H groups in total. The fourth-order valence-corrected chi connectivity index (χ4v) is 3.71. The van der Waals surface area contributed by atoms with Gasteiger partial charge in [-0.1, -0.05) is 30.3 Å². The summed E-state index contributed by atoms with van der Waals surface area (Å²) in [6.07, 6.45) is 3.28. The number of carbonyl (C=O) groups is 3. The first-order chi connectivity index (χ1) is 15.5. The van der Waals surface area contributed by atoms with E-state index in [1.165, 1.54) is 7.05 Å². The number of pyridine rings is 1. The monoisotopic (exact) mass is 431 g/mol. The number of ether oxygens (including phenoxy) is 1. The third kappa shape index (κ3) is 4.29. The van der Waals surface area contributed by atoms with Crippen LogP contribution in [0.3, 0.4) is 0 Å². The number of nitrogens with one attached hydrogen (secondary N) is 2. The fourth-order valence-electron chi connectivity index (χ4n) is 3.71. The van der Waals surface area contributed by atoms with Gasteiger partial charge in [0, 0.05) is 12.4 Å². The van der Waals surface area contributed by atoms with E-state index in [-0.39, 0.29) is 5.75 Å². The van der Waals surface area contributed by atoms with E-state index in [1.807, 2.05) is 36.4 Å². The fraction of sp³-hybridized carbons (Fsp3) is 0.167. The van der Waals surface area contributed by atoms with Crippen LogP contribution in [0.5, 0.6) is 5.75 Å². The van der Waals surface area contributed by atoms with Gasteiger partial charge in [0.15, 0.2) is 6.61 Å². The normalized spacial score (nSPS) is 13.6. The van der Waals surface area contributed by atoms with Crippen LogP contribution in [0.1, 0.15) is 33.6 Å². The zero-order valence-electron chi connectivity index (χ0n) is 17.3. The van der Waals surface area contributed by atoms with Gasteiger partial charge in [0.1, 0.15) is 5.75 Å². The Bertz CT molecular complexity index is 1250. The molecule has 0 radical (unpaired) electrons. The molecule has 0 spiro atoms. The van der Waals surface area contributed by atoms with Crippen molar-refractivity contribution >= 4 is 40.5 Å². The van der Waals surface area contributed by atoms with Crippen molar-refractivity contribution in [2.45, 2.75) is 12.8 Å². The Morgan fingerprint density at radius 2 is 1.84 bits per heavy atom. The average Bonchev–Trinajstić information content (AvgIpc) is 3.19. The van der Waals surface area contributed by atoms with Gasteiger partial charge in [-0.05, 0) is 53.8 Å². The number of phenolic OH excluding ortho intramolecular Hbond substituents is 1. The minimum Gasteiger partial charge on any atom is -0.508 e. The third-order valence-corrected chi connectivity index (χ3v) is 5.19. The number of fused-ring (bicyclic) bond motifs is 2. The number of urea groups is 1. The molecule has 0 saturated carbocycles. The zero-order valence-corrected chi connectivity index (χ0v) is 17.3. The van der Waals surface area contributed by atoms with Crippen LogP contribution < -0.4 is 10.6 Å². The second-order valence-electron chi connectivity index (χ2n) is 7.30. The molecule has 0 unspecified atom stereocenters. The minimum absolute atomic E-state index is 0.188. The van der Waals surface area contributed by atoms with E-state index < -0.39 is 24.5 Å². The number of amides is 3. The van der Waals surface area contributed by atoms with Gasteiger partial charge >= 0.3 is 12.0 Å². The summed E-state index contributed by atoms with van der Waals surface area (Å²) < 4.78 is 5.23. The van der Waals surface area contributed by atoms with Gasteiger partial charge in [-0.25, -0.2) is 14.6 Å². The highest BCUT2D eigenvalue weighted by Crippen LogP contribution is 2.37. The van der Waals surface area contributed by atoms with Crippen molar-refractivity contribution in [3.05, 3.63) is 70.9 Å². The highest BCUT2D eigenvalue weighted by Gasteiger charge is 2.28. The van der Waals surface area contributed by atoms with Crippen molar-refractivity contribution in [3.63, 3.8) is 0 Å². The SMILES string of the molecule is CNC(=O)NC(=O)COC(=O)c1c2c(nc3ccccc13)C(=Cc1ccc(O)cc1)CC2. The van der Waals surface area contributed by atoms with Crippen LogP contribution in [-0.2, 0) is 16.0 Å². The molecule has 0 fully saturated rings. The number of esters is 1. The Morgan fingerprint density at radius 3 is 2.59 bits per heavy atom. The van der Waals surface area contributed by atoms with Gasteiger partial charge in [-0.3, -0.25) is 10.1 Å². The van der Waals surface area contributed by atoms with Crippen molar-refractivity contribution < 1.29 is 24.2 Å². The largest absolute Gasteiger partial charge is 0.508 e. The minimum atomic E-state index is -0.722. The van der Waals surface area contributed by atoms with Crippen molar-refractivity contribution in [3.8, 4) is 5.75 Å². The number of para-hydroxylation sites is 1. The van der Waals surface area contributed by atoms with Gasteiger partial charge < -0.3 is 15.2 Å². The van der Waals surface area contributed by atoms with E-state index in [9.17, 15) is 19.5 Å². The number of benzene rings is 2. The summed E-state index contributed by atoms with van der Waals surface area (Å²) in [5.74, 6) is -1.17. The van der Waals surface area contributed by atoms with Gasteiger partial charge in [-0.15, -0.1) is 0 Å². The second kappa shape index (κ2) is 8.89. The number of aromatic nitrogens is 1. The Morgan fingerprint density at radius 1 is 1.09 bits per heavy atom. The molecule has 4 rings (SSSR count). The van der Waals surface area contributed by atoms with Crippen molar-refractivity contribution in [1.82, 2.24) is 15.6 Å². The third-order valence-electron chi connectivity index (χ3n) is 5.19. The molecule has 8 heteroatoms. The standard InChI is InChI=1S/C24H21N3O5/c1-25-24(31)27-20(29)13-32-23(30)21-17-4-2-3-5-19(17)26-22-15(8-11-18(21)22)12-14-6-9-16(28)10-7-14/h2-7,9-10,12,28H,8,11,13H2,1H3,(H2,25,27,29,31).